The zero-order chi connectivity index (χ0) is 9.57. The van der Waals surface area contributed by atoms with Gasteiger partial charge in [0.2, 0.25) is 10.0 Å². The standard InChI is InChI=1S/C7H15NO3S/c1-6(2)7(9)4-8(5-7)12(3,10)11/h6,9H,4-5H2,1-3H3. The molecule has 1 saturated heterocycles. The van der Waals surface area contributed by atoms with Crippen molar-refractivity contribution in [2.24, 2.45) is 5.92 Å². The lowest BCUT2D eigenvalue weighted by Crippen LogP contribution is -2.65. The monoisotopic (exact) mass is 193 g/mol. The first-order valence-corrected chi connectivity index (χ1v) is 5.78. The molecule has 0 atom stereocenters. The largest absolute Gasteiger partial charge is 0.387 e. The Morgan fingerprint density at radius 2 is 1.83 bits per heavy atom. The van der Waals surface area contributed by atoms with Gasteiger partial charge in [0.25, 0.3) is 0 Å². The van der Waals surface area contributed by atoms with Crippen LogP contribution in [0.5, 0.6) is 0 Å². The molecule has 1 fully saturated rings. The van der Waals surface area contributed by atoms with E-state index >= 15 is 0 Å². The third-order valence-corrected chi connectivity index (χ3v) is 3.64. The second-order valence-corrected chi connectivity index (χ2v) is 5.77. The molecule has 0 aliphatic carbocycles. The van der Waals surface area contributed by atoms with Gasteiger partial charge >= 0.3 is 0 Å². The molecule has 1 N–H and O–H groups in total. The molecule has 12 heavy (non-hydrogen) atoms. The molecule has 0 aromatic carbocycles. The Morgan fingerprint density at radius 3 is 2.08 bits per heavy atom. The van der Waals surface area contributed by atoms with E-state index in [4.69, 9.17) is 0 Å². The van der Waals surface area contributed by atoms with Crippen molar-refractivity contribution in [1.82, 2.24) is 4.31 Å². The highest BCUT2D eigenvalue weighted by Gasteiger charge is 2.47. The van der Waals surface area contributed by atoms with E-state index < -0.39 is 15.6 Å². The average molecular weight is 193 g/mol. The molecular formula is C7H15NO3S. The van der Waals surface area contributed by atoms with Crippen LogP contribution < -0.4 is 0 Å². The van der Waals surface area contributed by atoms with Gasteiger partial charge in [-0.3, -0.25) is 0 Å². The highest BCUT2D eigenvalue weighted by Crippen LogP contribution is 2.29. The summed E-state index contributed by atoms with van der Waals surface area (Å²) in [4.78, 5) is 0. The number of β-amino-alcohol motifs (C(OH)–C–C–N with tert-alkyl or cyclic N) is 1. The number of sulfonamides is 1. The molecule has 0 amide bonds. The maximum Gasteiger partial charge on any atom is 0.211 e. The summed E-state index contributed by atoms with van der Waals surface area (Å²) in [5, 5.41) is 9.71. The van der Waals surface area contributed by atoms with Crippen molar-refractivity contribution < 1.29 is 13.5 Å². The molecule has 0 unspecified atom stereocenters. The van der Waals surface area contributed by atoms with Crippen LogP contribution in [0.1, 0.15) is 13.8 Å². The van der Waals surface area contributed by atoms with E-state index in [0.29, 0.717) is 0 Å². The maximum absolute atomic E-state index is 10.9. The molecule has 5 heteroatoms. The first-order valence-electron chi connectivity index (χ1n) is 3.93. The van der Waals surface area contributed by atoms with Gasteiger partial charge in [-0.15, -0.1) is 0 Å². The lowest BCUT2D eigenvalue weighted by atomic mass is 9.85. The van der Waals surface area contributed by atoms with E-state index in [2.05, 4.69) is 0 Å². The summed E-state index contributed by atoms with van der Waals surface area (Å²) >= 11 is 0. The Balaban J connectivity index is 2.59. The molecule has 72 valence electrons. The summed E-state index contributed by atoms with van der Waals surface area (Å²) in [6.45, 7) is 4.26. The van der Waals surface area contributed by atoms with Crippen molar-refractivity contribution in [3.63, 3.8) is 0 Å². The van der Waals surface area contributed by atoms with Gasteiger partial charge in [-0.25, -0.2) is 8.42 Å². The molecule has 0 spiro atoms. The normalized spacial score (nSPS) is 24.1. The molecule has 1 heterocycles. The summed E-state index contributed by atoms with van der Waals surface area (Å²) in [6, 6.07) is 0. The fourth-order valence-corrected chi connectivity index (χ4v) is 2.08. The molecule has 4 nitrogen and oxygen atoms in total. The lowest BCUT2D eigenvalue weighted by molar-refractivity contribution is -0.0930. The van der Waals surface area contributed by atoms with E-state index in [1.54, 1.807) is 0 Å². The Kier molecular flexibility index (Phi) is 2.22. The Hall–Kier alpha value is -0.130. The van der Waals surface area contributed by atoms with Gasteiger partial charge in [-0.2, -0.15) is 4.31 Å². The van der Waals surface area contributed by atoms with Crippen molar-refractivity contribution in [3.05, 3.63) is 0 Å². The topological polar surface area (TPSA) is 57.6 Å². The van der Waals surface area contributed by atoms with E-state index in [9.17, 15) is 13.5 Å². The van der Waals surface area contributed by atoms with E-state index in [-0.39, 0.29) is 19.0 Å². The summed E-state index contributed by atoms with van der Waals surface area (Å²) in [6.07, 6.45) is 1.16. The van der Waals surface area contributed by atoms with Crippen molar-refractivity contribution in [3.8, 4) is 0 Å². The number of aliphatic hydroxyl groups is 1. The average Bonchev–Trinajstić information content (AvgIpc) is 1.77. The second-order valence-electron chi connectivity index (χ2n) is 3.79. The highest BCUT2D eigenvalue weighted by molar-refractivity contribution is 7.88. The molecule has 1 rings (SSSR count). The molecule has 0 bridgehead atoms. The van der Waals surface area contributed by atoms with Crippen molar-refractivity contribution in [2.75, 3.05) is 19.3 Å². The number of nitrogens with zero attached hydrogens (tertiary/aromatic N) is 1. The van der Waals surface area contributed by atoms with Crippen LogP contribution in [0.4, 0.5) is 0 Å². The first-order chi connectivity index (χ1) is 5.26. The van der Waals surface area contributed by atoms with Crippen LogP contribution in [0.2, 0.25) is 0 Å². The summed E-state index contributed by atoms with van der Waals surface area (Å²) in [7, 11) is -3.10. The van der Waals surface area contributed by atoms with Crippen molar-refractivity contribution in [1.29, 1.82) is 0 Å². The Morgan fingerprint density at radius 1 is 1.42 bits per heavy atom. The summed E-state index contributed by atoms with van der Waals surface area (Å²) in [5.74, 6) is 0.107. The van der Waals surface area contributed by atoms with Crippen LogP contribution in [-0.4, -0.2) is 42.8 Å². The van der Waals surface area contributed by atoms with Gasteiger partial charge in [0.1, 0.15) is 0 Å². The van der Waals surface area contributed by atoms with Gasteiger partial charge in [-0.05, 0) is 5.92 Å². The van der Waals surface area contributed by atoms with Crippen LogP contribution in [-0.2, 0) is 10.0 Å². The van der Waals surface area contributed by atoms with Crippen LogP contribution in [0.15, 0.2) is 0 Å². The quantitative estimate of drug-likeness (QED) is 0.652. The molecule has 1 aliphatic heterocycles. The number of rotatable bonds is 2. The smallest absolute Gasteiger partial charge is 0.211 e. The van der Waals surface area contributed by atoms with E-state index in [1.165, 1.54) is 4.31 Å². The molecule has 1 aliphatic rings. The summed E-state index contributed by atoms with van der Waals surface area (Å²) in [5.41, 5.74) is -0.803. The van der Waals surface area contributed by atoms with Gasteiger partial charge in [0.15, 0.2) is 0 Å². The minimum atomic E-state index is -3.10. The minimum absolute atomic E-state index is 0.107. The maximum atomic E-state index is 10.9. The van der Waals surface area contributed by atoms with Gasteiger partial charge < -0.3 is 5.11 Å². The van der Waals surface area contributed by atoms with Gasteiger partial charge in [0.05, 0.1) is 11.9 Å². The van der Waals surface area contributed by atoms with Gasteiger partial charge in [0, 0.05) is 13.1 Å². The van der Waals surface area contributed by atoms with Crippen LogP contribution in [0.25, 0.3) is 0 Å². The van der Waals surface area contributed by atoms with Crippen molar-refractivity contribution >= 4 is 10.0 Å². The SMILES string of the molecule is CC(C)C1(O)CN(S(C)(=O)=O)C1. The first kappa shape index (κ1) is 9.95. The van der Waals surface area contributed by atoms with E-state index in [0.717, 1.165) is 6.26 Å². The third-order valence-electron chi connectivity index (χ3n) is 2.44. The highest BCUT2D eigenvalue weighted by atomic mass is 32.2. The molecule has 0 radical (unpaired) electrons. The molecular weight excluding hydrogens is 178 g/mol. The minimum Gasteiger partial charge on any atom is -0.387 e. The van der Waals surface area contributed by atoms with Crippen molar-refractivity contribution in [2.45, 2.75) is 19.4 Å². The second kappa shape index (κ2) is 2.68. The van der Waals surface area contributed by atoms with Gasteiger partial charge in [-0.1, -0.05) is 13.8 Å². The predicted molar refractivity (Wildman–Crippen MR) is 46.2 cm³/mol. The fraction of sp³-hybridized carbons (Fsp3) is 1.00. The summed E-state index contributed by atoms with van der Waals surface area (Å²) < 4.78 is 23.2. The molecule has 0 saturated carbocycles. The molecule has 0 aromatic rings. The van der Waals surface area contributed by atoms with Crippen LogP contribution in [0, 0.1) is 5.92 Å². The number of hydrogen-bond donors (Lipinski definition) is 1. The van der Waals surface area contributed by atoms with E-state index in [1.807, 2.05) is 13.8 Å². The van der Waals surface area contributed by atoms with Crippen LogP contribution in [0.3, 0.4) is 0 Å². The zero-order valence-corrected chi connectivity index (χ0v) is 8.43. The fourth-order valence-electron chi connectivity index (χ4n) is 1.16. The Bertz CT molecular complexity index is 264. The zero-order valence-electron chi connectivity index (χ0n) is 7.61. The Labute approximate surface area is 73.2 Å². The predicted octanol–water partition coefficient (Wildman–Crippen LogP) is -0.351. The molecule has 0 aromatic heterocycles. The van der Waals surface area contributed by atoms with Crippen LogP contribution >= 0.6 is 0 Å². The third kappa shape index (κ3) is 1.62. The number of hydrogen-bond acceptors (Lipinski definition) is 3. The lowest BCUT2D eigenvalue weighted by Gasteiger charge is -2.47.